The highest BCUT2D eigenvalue weighted by Gasteiger charge is 2.45. The summed E-state index contributed by atoms with van der Waals surface area (Å²) in [5.41, 5.74) is 0.728. The third-order valence-electron chi connectivity index (χ3n) is 5.22. The zero-order valence-corrected chi connectivity index (χ0v) is 16.2. The lowest BCUT2D eigenvalue weighted by Gasteiger charge is -2.28. The van der Waals surface area contributed by atoms with Gasteiger partial charge in [-0.3, -0.25) is 9.59 Å². The predicted octanol–water partition coefficient (Wildman–Crippen LogP) is 3.44. The van der Waals surface area contributed by atoms with Crippen molar-refractivity contribution in [3.63, 3.8) is 0 Å². The zero-order chi connectivity index (χ0) is 20.4. The molecule has 3 heterocycles. The van der Waals surface area contributed by atoms with Crippen molar-refractivity contribution in [3.05, 3.63) is 65.3 Å². The molecule has 7 heteroatoms. The van der Waals surface area contributed by atoms with Gasteiger partial charge < -0.3 is 23.9 Å². The summed E-state index contributed by atoms with van der Waals surface area (Å²) in [5, 5.41) is 10.6. The van der Waals surface area contributed by atoms with Crippen LogP contribution >= 0.6 is 0 Å². The molecular formula is C22H23NO6. The maximum atomic E-state index is 13.1. The lowest BCUT2D eigenvalue weighted by atomic mass is 9.95. The van der Waals surface area contributed by atoms with Crippen molar-refractivity contribution >= 4 is 11.7 Å². The van der Waals surface area contributed by atoms with Gasteiger partial charge in [-0.15, -0.1) is 0 Å². The molecular weight excluding hydrogens is 374 g/mol. The molecule has 1 N–H and O–H groups in total. The number of rotatable bonds is 7. The maximum absolute atomic E-state index is 13.1. The number of carbonyl (C=O) groups excluding carboxylic acids is 2. The van der Waals surface area contributed by atoms with E-state index in [4.69, 9.17) is 13.9 Å². The largest absolute Gasteiger partial charge is 0.503 e. The average molecular weight is 397 g/mol. The normalized spacial score (nSPS) is 21.8. The van der Waals surface area contributed by atoms with Crippen LogP contribution in [0.4, 0.5) is 0 Å². The molecule has 1 aromatic heterocycles. The summed E-state index contributed by atoms with van der Waals surface area (Å²) in [5.74, 6) is -0.847. The summed E-state index contributed by atoms with van der Waals surface area (Å²) >= 11 is 0. The fourth-order valence-electron chi connectivity index (χ4n) is 3.88. The first-order valence-corrected chi connectivity index (χ1v) is 9.76. The molecule has 2 aromatic rings. The van der Waals surface area contributed by atoms with Gasteiger partial charge in [0.1, 0.15) is 5.75 Å². The van der Waals surface area contributed by atoms with E-state index < -0.39 is 23.5 Å². The monoisotopic (exact) mass is 397 g/mol. The van der Waals surface area contributed by atoms with E-state index in [0.717, 1.165) is 12.8 Å². The van der Waals surface area contributed by atoms with E-state index >= 15 is 0 Å². The number of nitrogens with zero attached hydrogens (tertiary/aromatic N) is 1. The Labute approximate surface area is 168 Å². The van der Waals surface area contributed by atoms with E-state index in [9.17, 15) is 14.7 Å². The zero-order valence-electron chi connectivity index (χ0n) is 16.2. The Morgan fingerprint density at radius 2 is 2.07 bits per heavy atom. The molecule has 0 aliphatic carbocycles. The van der Waals surface area contributed by atoms with Gasteiger partial charge in [-0.1, -0.05) is 12.1 Å². The molecule has 1 aromatic carbocycles. The van der Waals surface area contributed by atoms with Crippen molar-refractivity contribution in [1.82, 2.24) is 4.90 Å². The van der Waals surface area contributed by atoms with Crippen LogP contribution in [0.1, 0.15) is 41.9 Å². The number of furan rings is 1. The standard InChI is InChI=1S/C22H23NO6/c1-2-27-15-9-7-14(8-10-15)19-18(20(24)17-6-4-12-29-17)21(25)22(26)23(19)13-16-5-3-11-28-16/h4,6-10,12,16,19,25H,2-3,5,11,13H2,1H3. The van der Waals surface area contributed by atoms with Gasteiger partial charge in [-0.2, -0.15) is 0 Å². The Morgan fingerprint density at radius 1 is 1.28 bits per heavy atom. The van der Waals surface area contributed by atoms with E-state index in [0.29, 0.717) is 31.1 Å². The van der Waals surface area contributed by atoms with Gasteiger partial charge in [-0.05, 0) is 49.6 Å². The SMILES string of the molecule is CCOc1ccc(C2C(C(=O)c3ccco3)=C(O)C(=O)N2CC2CCCO2)cc1. The number of benzene rings is 1. The lowest BCUT2D eigenvalue weighted by Crippen LogP contribution is -2.37. The quantitative estimate of drug-likeness (QED) is 0.720. The number of carbonyl (C=O) groups is 2. The van der Waals surface area contributed by atoms with Crippen LogP contribution in [0.15, 0.2) is 58.4 Å². The summed E-state index contributed by atoms with van der Waals surface area (Å²) in [6.45, 7) is 3.39. The molecule has 0 radical (unpaired) electrons. The second kappa shape index (κ2) is 8.13. The molecule has 0 saturated carbocycles. The molecule has 1 amide bonds. The molecule has 1 fully saturated rings. The number of Topliss-reactive ketones (excluding diaryl/α,β-unsaturated/α-hetero) is 1. The lowest BCUT2D eigenvalue weighted by molar-refractivity contribution is -0.131. The predicted molar refractivity (Wildman–Crippen MR) is 104 cm³/mol. The highest BCUT2D eigenvalue weighted by molar-refractivity contribution is 6.15. The van der Waals surface area contributed by atoms with Gasteiger partial charge in [0.15, 0.2) is 11.5 Å². The van der Waals surface area contributed by atoms with Crippen LogP contribution < -0.4 is 4.74 Å². The van der Waals surface area contributed by atoms with E-state index in [2.05, 4.69) is 0 Å². The molecule has 1 saturated heterocycles. The molecule has 0 bridgehead atoms. The van der Waals surface area contributed by atoms with Crippen LogP contribution in [0.5, 0.6) is 5.75 Å². The molecule has 2 atom stereocenters. The summed E-state index contributed by atoms with van der Waals surface area (Å²) in [4.78, 5) is 27.5. The highest BCUT2D eigenvalue weighted by atomic mass is 16.5. The Bertz CT molecular complexity index is 909. The highest BCUT2D eigenvalue weighted by Crippen LogP contribution is 2.40. The van der Waals surface area contributed by atoms with Gasteiger partial charge in [0, 0.05) is 13.2 Å². The van der Waals surface area contributed by atoms with Crippen LogP contribution in [0.2, 0.25) is 0 Å². The first kappa shape index (κ1) is 19.3. The minimum atomic E-state index is -0.722. The molecule has 4 rings (SSSR count). The van der Waals surface area contributed by atoms with Crippen molar-refractivity contribution in [2.75, 3.05) is 19.8 Å². The van der Waals surface area contributed by atoms with Crippen molar-refractivity contribution in [3.8, 4) is 5.75 Å². The minimum absolute atomic E-state index is 0.0205. The maximum Gasteiger partial charge on any atom is 0.290 e. The number of ketones is 1. The first-order valence-electron chi connectivity index (χ1n) is 9.76. The summed E-state index contributed by atoms with van der Waals surface area (Å²) < 4.78 is 16.4. The van der Waals surface area contributed by atoms with Gasteiger partial charge >= 0.3 is 0 Å². The average Bonchev–Trinajstić information content (AvgIpc) is 3.47. The number of hydrogen-bond donors (Lipinski definition) is 1. The number of aliphatic hydroxyl groups is 1. The number of amides is 1. The van der Waals surface area contributed by atoms with Gasteiger partial charge in [0.2, 0.25) is 5.78 Å². The Hall–Kier alpha value is -3.06. The molecule has 2 unspecified atom stereocenters. The van der Waals surface area contributed by atoms with Crippen LogP contribution in [0, 0.1) is 0 Å². The summed E-state index contributed by atoms with van der Waals surface area (Å²) in [7, 11) is 0. The van der Waals surface area contributed by atoms with E-state index in [1.807, 2.05) is 6.92 Å². The van der Waals surface area contributed by atoms with Gasteiger partial charge in [-0.25, -0.2) is 0 Å². The fourth-order valence-corrected chi connectivity index (χ4v) is 3.88. The van der Waals surface area contributed by atoms with Crippen LogP contribution in [-0.4, -0.2) is 47.6 Å². The van der Waals surface area contributed by atoms with Crippen LogP contribution in [0.3, 0.4) is 0 Å². The smallest absolute Gasteiger partial charge is 0.290 e. The molecule has 7 nitrogen and oxygen atoms in total. The number of hydrogen-bond acceptors (Lipinski definition) is 6. The Morgan fingerprint density at radius 3 is 2.69 bits per heavy atom. The fraction of sp³-hybridized carbons (Fsp3) is 0.364. The van der Waals surface area contributed by atoms with E-state index in [-0.39, 0.29) is 17.4 Å². The van der Waals surface area contributed by atoms with Crippen molar-refractivity contribution in [1.29, 1.82) is 0 Å². The van der Waals surface area contributed by atoms with Crippen LogP contribution in [-0.2, 0) is 9.53 Å². The van der Waals surface area contributed by atoms with Crippen molar-refractivity contribution in [2.24, 2.45) is 0 Å². The van der Waals surface area contributed by atoms with E-state index in [1.165, 1.54) is 17.2 Å². The minimum Gasteiger partial charge on any atom is -0.503 e. The number of aliphatic hydroxyl groups excluding tert-OH is 1. The molecule has 2 aliphatic heterocycles. The van der Waals surface area contributed by atoms with Gasteiger partial charge in [0.05, 0.1) is 30.6 Å². The molecule has 152 valence electrons. The molecule has 0 spiro atoms. The molecule has 29 heavy (non-hydrogen) atoms. The van der Waals surface area contributed by atoms with Crippen molar-refractivity contribution in [2.45, 2.75) is 31.9 Å². The summed E-state index contributed by atoms with van der Waals surface area (Å²) in [6, 6.07) is 9.58. The van der Waals surface area contributed by atoms with Gasteiger partial charge in [0.25, 0.3) is 5.91 Å². The summed E-state index contributed by atoms with van der Waals surface area (Å²) in [6.07, 6.45) is 3.03. The Kier molecular flexibility index (Phi) is 5.40. The van der Waals surface area contributed by atoms with Crippen molar-refractivity contribution < 1.29 is 28.6 Å². The Balaban J connectivity index is 1.72. The second-order valence-corrected chi connectivity index (χ2v) is 7.07. The second-order valence-electron chi connectivity index (χ2n) is 7.07. The molecule has 2 aliphatic rings. The van der Waals surface area contributed by atoms with Crippen LogP contribution in [0.25, 0.3) is 0 Å². The van der Waals surface area contributed by atoms with E-state index in [1.54, 1.807) is 30.3 Å². The third-order valence-corrected chi connectivity index (χ3v) is 5.22. The first-order chi connectivity index (χ1) is 14.1. The topological polar surface area (TPSA) is 89.2 Å². The third kappa shape index (κ3) is 3.65. The number of ether oxygens (including phenoxy) is 2.